The van der Waals surface area contributed by atoms with Crippen LogP contribution in [0.5, 0.6) is 11.5 Å². The number of hydrogen-bond donors (Lipinski definition) is 0. The normalized spacial score (nSPS) is 14.0. The van der Waals surface area contributed by atoms with Crippen molar-refractivity contribution in [3.63, 3.8) is 0 Å². The van der Waals surface area contributed by atoms with Crippen molar-refractivity contribution in [1.82, 2.24) is 0 Å². The Bertz CT molecular complexity index is 1750. The molecular weight excluding hydrogens is 772 g/mol. The maximum Gasteiger partial charge on any atom is 0.460 e. The minimum Gasteiger partial charge on any atom is -0.491 e. The van der Waals surface area contributed by atoms with Crippen LogP contribution in [0.15, 0.2) is 101 Å². The summed E-state index contributed by atoms with van der Waals surface area (Å²) in [5.41, 5.74) is 0. The van der Waals surface area contributed by atoms with Gasteiger partial charge >= 0.3 is 33.4 Å². The molecule has 4 rings (SSSR count). The highest BCUT2D eigenvalue weighted by Crippen LogP contribution is 2.73. The number of ether oxygens (including phenoxy) is 2. The van der Waals surface area contributed by atoms with Gasteiger partial charge in [0.25, 0.3) is 0 Å². The Morgan fingerprint density at radius 3 is 1.55 bits per heavy atom. The fourth-order valence-electron chi connectivity index (χ4n) is 4.07. The molecule has 0 bridgehead atoms. The molecule has 0 unspecified atom stereocenters. The van der Waals surface area contributed by atoms with E-state index in [1.54, 1.807) is 45.2 Å². The van der Waals surface area contributed by atoms with Gasteiger partial charge < -0.3 is 9.47 Å². The van der Waals surface area contributed by atoms with Gasteiger partial charge in [-0.3, -0.25) is 0 Å². The average Bonchev–Trinajstić information content (AvgIpc) is 3.68. The molecule has 19 heteroatoms. The number of benzene rings is 2. The molecule has 0 radical (unpaired) electrons. The molecule has 0 fully saturated rings. The number of alkyl halides is 9. The summed E-state index contributed by atoms with van der Waals surface area (Å²) in [5, 5.41) is -5.33. The van der Waals surface area contributed by atoms with E-state index in [1.807, 2.05) is 0 Å². The Hall–Kier alpha value is -2.58. The fourth-order valence-corrected chi connectivity index (χ4v) is 13.5. The standard InChI is InChI=1S/C30H27F9O5S5/c1-18(2)42-20-7-11-22(12-8-20)48(23-13-9-21(10-14-23)43-19(3)4,26-16-15-25(47-26)46-24-6-5-17-45-24)44-49(40,41)30(38,39)28(33,34)27(31,32)29(35,36)37/h5-19H,1-4H3. The van der Waals surface area contributed by atoms with Crippen molar-refractivity contribution in [2.45, 2.75) is 85.6 Å². The zero-order valence-corrected chi connectivity index (χ0v) is 29.7. The maximum atomic E-state index is 15.3. The van der Waals surface area contributed by atoms with Gasteiger partial charge in [0.2, 0.25) is 0 Å². The van der Waals surface area contributed by atoms with E-state index >= 15 is 8.78 Å². The van der Waals surface area contributed by atoms with Gasteiger partial charge in [0.15, 0.2) is 0 Å². The second-order valence-corrected chi connectivity index (χ2v) is 19.0. The maximum absolute atomic E-state index is 15.3. The van der Waals surface area contributed by atoms with Crippen LogP contribution in [0.3, 0.4) is 0 Å². The number of thiophene rings is 2. The summed E-state index contributed by atoms with van der Waals surface area (Å²) < 4.78 is 171. The van der Waals surface area contributed by atoms with Crippen LogP contribution in [0.4, 0.5) is 39.5 Å². The van der Waals surface area contributed by atoms with Crippen LogP contribution in [0.2, 0.25) is 0 Å². The molecule has 0 amide bonds. The van der Waals surface area contributed by atoms with E-state index in [4.69, 9.17) is 13.1 Å². The van der Waals surface area contributed by atoms with Gasteiger partial charge in [-0.25, -0.2) is 3.63 Å². The van der Waals surface area contributed by atoms with Gasteiger partial charge in [0.1, 0.15) is 11.5 Å². The number of halogens is 9. The molecule has 2 aromatic carbocycles. The highest BCUT2D eigenvalue weighted by Gasteiger charge is 2.86. The minimum absolute atomic E-state index is 0.146. The van der Waals surface area contributed by atoms with Gasteiger partial charge in [-0.15, -0.1) is 22.7 Å². The highest BCUT2D eigenvalue weighted by atomic mass is 32.3. The van der Waals surface area contributed by atoms with E-state index in [1.165, 1.54) is 83.8 Å². The van der Waals surface area contributed by atoms with Crippen molar-refractivity contribution in [3.05, 3.63) is 78.2 Å². The van der Waals surface area contributed by atoms with Gasteiger partial charge in [-0.2, -0.15) is 47.9 Å². The molecule has 5 nitrogen and oxygen atoms in total. The van der Waals surface area contributed by atoms with Gasteiger partial charge in [-0.05, 0) is 110 Å². The third-order valence-corrected chi connectivity index (χ3v) is 15.2. The van der Waals surface area contributed by atoms with E-state index in [0.717, 1.165) is 15.5 Å². The van der Waals surface area contributed by atoms with E-state index in [-0.39, 0.29) is 37.7 Å². The summed E-state index contributed by atoms with van der Waals surface area (Å²) in [6, 6.07) is 16.3. The summed E-state index contributed by atoms with van der Waals surface area (Å²) in [5.74, 6) is -14.5. The lowest BCUT2D eigenvalue weighted by atomic mass is 10.1. The Kier molecular flexibility index (Phi) is 11.4. The lowest BCUT2D eigenvalue weighted by Gasteiger charge is -2.40. The Morgan fingerprint density at radius 1 is 0.653 bits per heavy atom. The number of hydrogen-bond acceptors (Lipinski definition) is 8. The van der Waals surface area contributed by atoms with Crippen LogP contribution in [-0.2, 0) is 13.7 Å². The third-order valence-electron chi connectivity index (χ3n) is 6.21. The van der Waals surface area contributed by atoms with Crippen LogP contribution in [0.1, 0.15) is 27.7 Å². The zero-order chi connectivity index (χ0) is 36.6. The minimum atomic E-state index is -7.50. The van der Waals surface area contributed by atoms with Crippen LogP contribution >= 0.6 is 44.7 Å². The average molecular weight is 799 g/mol. The first kappa shape index (κ1) is 39.2. The second-order valence-electron chi connectivity index (χ2n) is 10.6. The lowest BCUT2D eigenvalue weighted by molar-refractivity contribution is -0.382. The Morgan fingerprint density at radius 2 is 1.14 bits per heavy atom. The molecule has 2 aromatic heterocycles. The van der Waals surface area contributed by atoms with E-state index < -0.39 is 43.7 Å². The Labute approximate surface area is 290 Å². The van der Waals surface area contributed by atoms with Crippen molar-refractivity contribution in [1.29, 1.82) is 0 Å². The van der Waals surface area contributed by atoms with E-state index in [2.05, 4.69) is 0 Å². The molecule has 0 atom stereocenters. The van der Waals surface area contributed by atoms with Crippen LogP contribution in [0.25, 0.3) is 0 Å². The molecule has 0 aliphatic heterocycles. The van der Waals surface area contributed by atoms with E-state index in [0.29, 0.717) is 4.21 Å². The summed E-state index contributed by atoms with van der Waals surface area (Å²) in [7, 11) is -11.5. The molecule has 0 saturated carbocycles. The second kappa shape index (κ2) is 14.2. The molecule has 0 N–H and O–H groups in total. The largest absolute Gasteiger partial charge is 0.491 e. The number of rotatable bonds is 14. The first-order valence-electron chi connectivity index (χ1n) is 13.9. The van der Waals surface area contributed by atoms with Crippen molar-refractivity contribution in [2.75, 3.05) is 0 Å². The van der Waals surface area contributed by atoms with Crippen molar-refractivity contribution < 1.29 is 61.0 Å². The molecule has 270 valence electrons. The van der Waals surface area contributed by atoms with Crippen LogP contribution in [0, 0.1) is 0 Å². The summed E-state index contributed by atoms with van der Waals surface area (Å²) in [6.45, 7) is 6.77. The lowest BCUT2D eigenvalue weighted by Crippen LogP contribution is -2.63. The SMILES string of the molecule is CC(C)Oc1ccc(S(OS(=O)(=O)C(F)(F)C(F)(F)C(F)(F)C(F)(F)F)(c2ccc(OC(C)C)cc2)c2ccc(Sc3cccs3)s2)cc1. The van der Waals surface area contributed by atoms with E-state index in [9.17, 15) is 39.2 Å². The molecule has 2 heterocycles. The zero-order valence-electron chi connectivity index (χ0n) is 25.6. The first-order valence-corrected chi connectivity index (χ1v) is 19.4. The van der Waals surface area contributed by atoms with Gasteiger partial charge in [0.05, 0.1) is 24.8 Å². The van der Waals surface area contributed by atoms with Crippen LogP contribution < -0.4 is 9.47 Å². The molecule has 0 aliphatic carbocycles. The molecule has 0 aliphatic rings. The van der Waals surface area contributed by atoms with Crippen molar-refractivity contribution in [2.24, 2.45) is 0 Å². The van der Waals surface area contributed by atoms with Crippen molar-refractivity contribution >= 4 is 54.9 Å². The molecule has 0 saturated heterocycles. The highest BCUT2D eigenvalue weighted by molar-refractivity contribution is 8.34. The predicted molar refractivity (Wildman–Crippen MR) is 170 cm³/mol. The monoisotopic (exact) mass is 798 g/mol. The quantitative estimate of drug-likeness (QED) is 0.118. The molecule has 0 spiro atoms. The van der Waals surface area contributed by atoms with Crippen molar-refractivity contribution in [3.8, 4) is 11.5 Å². The fraction of sp³-hybridized carbons (Fsp3) is 0.333. The molecular formula is C30H27F9O5S5. The summed E-state index contributed by atoms with van der Waals surface area (Å²) in [6.07, 6.45) is -7.95. The topological polar surface area (TPSA) is 61.8 Å². The molecule has 4 aromatic rings. The van der Waals surface area contributed by atoms with Gasteiger partial charge in [-0.1, -0.05) is 17.8 Å². The summed E-state index contributed by atoms with van der Waals surface area (Å²) in [4.78, 5) is -0.443. The smallest absolute Gasteiger partial charge is 0.460 e. The predicted octanol–water partition coefficient (Wildman–Crippen LogP) is 11.5. The Balaban J connectivity index is 2.01. The van der Waals surface area contributed by atoms with Crippen LogP contribution in [-0.4, -0.2) is 43.9 Å². The first-order chi connectivity index (χ1) is 22.5. The third kappa shape index (κ3) is 7.71. The summed E-state index contributed by atoms with van der Waals surface area (Å²) >= 11 is 3.34. The molecule has 49 heavy (non-hydrogen) atoms. The van der Waals surface area contributed by atoms with Gasteiger partial charge in [0, 0.05) is 9.79 Å².